The molecule has 1 aliphatic heterocycles. The van der Waals surface area contributed by atoms with Crippen molar-refractivity contribution in [2.75, 3.05) is 40.0 Å². The van der Waals surface area contributed by atoms with Gasteiger partial charge in [-0.25, -0.2) is 4.72 Å². The maximum absolute atomic E-state index is 12.1. The smallest absolute Gasteiger partial charge is 0.279 e. The first kappa shape index (κ1) is 16.9. The van der Waals surface area contributed by atoms with Gasteiger partial charge in [-0.3, -0.25) is 4.79 Å². The fourth-order valence-corrected chi connectivity index (χ4v) is 3.43. The molecule has 0 radical (unpaired) electrons. The van der Waals surface area contributed by atoms with Crippen molar-refractivity contribution in [2.45, 2.75) is 13.5 Å². The Morgan fingerprint density at radius 1 is 1.32 bits per heavy atom. The summed E-state index contributed by atoms with van der Waals surface area (Å²) in [6.45, 7) is 3.68. The van der Waals surface area contributed by atoms with E-state index in [1.807, 2.05) is 0 Å². The van der Waals surface area contributed by atoms with E-state index < -0.39 is 10.2 Å². The first-order valence-corrected chi connectivity index (χ1v) is 8.46. The second-order valence-corrected chi connectivity index (χ2v) is 6.69. The number of aromatic nitrogens is 1. The lowest BCUT2D eigenvalue weighted by Gasteiger charge is -2.26. The molecule has 1 aromatic heterocycles. The van der Waals surface area contributed by atoms with E-state index in [2.05, 4.69) is 4.72 Å². The molecule has 0 atom stereocenters. The van der Waals surface area contributed by atoms with Crippen molar-refractivity contribution >= 4 is 10.2 Å². The van der Waals surface area contributed by atoms with Crippen LogP contribution in [0.15, 0.2) is 16.9 Å². The number of pyridine rings is 1. The number of hydrogen-bond acceptors (Lipinski definition) is 5. The van der Waals surface area contributed by atoms with Gasteiger partial charge in [0.05, 0.1) is 20.3 Å². The average Bonchev–Trinajstić information content (AvgIpc) is 2.50. The van der Waals surface area contributed by atoms with E-state index in [9.17, 15) is 13.2 Å². The predicted octanol–water partition coefficient (Wildman–Crippen LogP) is -0.668. The highest BCUT2D eigenvalue weighted by molar-refractivity contribution is 7.87. The number of ether oxygens (including phenoxy) is 2. The summed E-state index contributed by atoms with van der Waals surface area (Å²) in [6, 6.07) is 3.11. The molecule has 1 saturated heterocycles. The molecule has 1 aliphatic rings. The zero-order valence-electron chi connectivity index (χ0n) is 12.7. The molecule has 1 N–H and O–H groups in total. The normalized spacial score (nSPS) is 16.6. The first-order chi connectivity index (χ1) is 10.4. The summed E-state index contributed by atoms with van der Waals surface area (Å²) in [5.74, 6) is 0.493. The predicted molar refractivity (Wildman–Crippen MR) is 81.3 cm³/mol. The maximum Gasteiger partial charge on any atom is 0.279 e. The third kappa shape index (κ3) is 4.07. The van der Waals surface area contributed by atoms with Gasteiger partial charge in [-0.15, -0.1) is 0 Å². The average molecular weight is 331 g/mol. The summed E-state index contributed by atoms with van der Waals surface area (Å²) in [4.78, 5) is 12.0. The molecule has 0 aliphatic carbocycles. The molecule has 22 heavy (non-hydrogen) atoms. The van der Waals surface area contributed by atoms with E-state index >= 15 is 0 Å². The highest BCUT2D eigenvalue weighted by atomic mass is 32.2. The van der Waals surface area contributed by atoms with Crippen molar-refractivity contribution in [1.82, 2.24) is 13.6 Å². The SMILES string of the molecule is COc1cc(C)n(CCNS(=O)(=O)N2CCOCC2)c(=O)c1. The molecular weight excluding hydrogens is 310 g/mol. The van der Waals surface area contributed by atoms with Crippen LogP contribution < -0.4 is 15.0 Å². The Morgan fingerprint density at radius 2 is 2.00 bits per heavy atom. The van der Waals surface area contributed by atoms with E-state index in [-0.39, 0.29) is 18.6 Å². The van der Waals surface area contributed by atoms with Gasteiger partial charge in [0.2, 0.25) is 0 Å². The van der Waals surface area contributed by atoms with Gasteiger partial charge < -0.3 is 14.0 Å². The van der Waals surface area contributed by atoms with Gasteiger partial charge in [-0.1, -0.05) is 0 Å². The van der Waals surface area contributed by atoms with Gasteiger partial charge in [0.25, 0.3) is 15.8 Å². The minimum Gasteiger partial charge on any atom is -0.496 e. The van der Waals surface area contributed by atoms with Gasteiger partial charge in [0.1, 0.15) is 5.75 Å². The lowest BCUT2D eigenvalue weighted by Crippen LogP contribution is -2.47. The first-order valence-electron chi connectivity index (χ1n) is 7.02. The van der Waals surface area contributed by atoms with Crippen molar-refractivity contribution in [1.29, 1.82) is 0 Å². The standard InChI is InChI=1S/C13H21N3O5S/c1-11-9-12(20-2)10-13(17)16(11)4-3-14-22(18,19)15-5-7-21-8-6-15/h9-10,14H,3-8H2,1-2H3. The lowest BCUT2D eigenvalue weighted by molar-refractivity contribution is 0.0725. The third-order valence-electron chi connectivity index (χ3n) is 3.47. The number of methoxy groups -OCH3 is 1. The van der Waals surface area contributed by atoms with Gasteiger partial charge in [0.15, 0.2) is 0 Å². The minimum atomic E-state index is -3.53. The highest BCUT2D eigenvalue weighted by Crippen LogP contribution is 2.08. The van der Waals surface area contributed by atoms with Crippen LogP contribution in [0, 0.1) is 6.92 Å². The van der Waals surface area contributed by atoms with Gasteiger partial charge in [0, 0.05) is 37.9 Å². The van der Waals surface area contributed by atoms with Crippen molar-refractivity contribution in [3.8, 4) is 5.75 Å². The van der Waals surface area contributed by atoms with Crippen LogP contribution in [0.2, 0.25) is 0 Å². The van der Waals surface area contributed by atoms with Gasteiger partial charge in [-0.05, 0) is 13.0 Å². The quantitative estimate of drug-likeness (QED) is 0.747. The largest absolute Gasteiger partial charge is 0.496 e. The minimum absolute atomic E-state index is 0.146. The number of morpholine rings is 1. The van der Waals surface area contributed by atoms with Crippen molar-refractivity contribution in [3.63, 3.8) is 0 Å². The number of nitrogens with zero attached hydrogens (tertiary/aromatic N) is 2. The molecule has 2 rings (SSSR count). The Balaban J connectivity index is 1.97. The number of nitrogens with one attached hydrogen (secondary N) is 1. The number of rotatable bonds is 6. The summed E-state index contributed by atoms with van der Waals surface area (Å²) >= 11 is 0. The van der Waals surface area contributed by atoms with Crippen LogP contribution in [0.1, 0.15) is 5.69 Å². The molecule has 0 aromatic carbocycles. The summed E-state index contributed by atoms with van der Waals surface area (Å²) in [6.07, 6.45) is 0. The molecule has 0 spiro atoms. The molecular formula is C13H21N3O5S. The zero-order valence-corrected chi connectivity index (χ0v) is 13.6. The van der Waals surface area contributed by atoms with Crippen molar-refractivity contribution in [3.05, 3.63) is 28.2 Å². The van der Waals surface area contributed by atoms with Gasteiger partial charge in [-0.2, -0.15) is 12.7 Å². The second kappa shape index (κ2) is 7.23. The summed E-state index contributed by atoms with van der Waals surface area (Å²) < 4.78 is 39.7. The highest BCUT2D eigenvalue weighted by Gasteiger charge is 2.23. The Morgan fingerprint density at radius 3 is 2.59 bits per heavy atom. The van der Waals surface area contributed by atoms with Crippen molar-refractivity contribution in [2.24, 2.45) is 0 Å². The zero-order chi connectivity index (χ0) is 16.2. The van der Waals surface area contributed by atoms with E-state index in [1.54, 1.807) is 13.0 Å². The van der Waals surface area contributed by atoms with E-state index in [0.29, 0.717) is 32.1 Å². The van der Waals surface area contributed by atoms with Crippen LogP contribution in [0.4, 0.5) is 0 Å². The molecule has 2 heterocycles. The van der Waals surface area contributed by atoms with Crippen LogP contribution in [0.3, 0.4) is 0 Å². The monoisotopic (exact) mass is 331 g/mol. The molecule has 1 fully saturated rings. The molecule has 0 unspecified atom stereocenters. The molecule has 9 heteroatoms. The molecule has 124 valence electrons. The van der Waals surface area contributed by atoms with Crippen LogP contribution in [-0.4, -0.2) is 57.2 Å². The molecule has 0 saturated carbocycles. The fraction of sp³-hybridized carbons (Fsp3) is 0.615. The van der Waals surface area contributed by atoms with Crippen LogP contribution >= 0.6 is 0 Å². The molecule has 8 nitrogen and oxygen atoms in total. The maximum atomic E-state index is 12.1. The summed E-state index contributed by atoms with van der Waals surface area (Å²) in [5, 5.41) is 0. The van der Waals surface area contributed by atoms with Gasteiger partial charge >= 0.3 is 0 Å². The fourth-order valence-electron chi connectivity index (χ4n) is 2.27. The third-order valence-corrected chi connectivity index (χ3v) is 5.09. The number of aryl methyl sites for hydroxylation is 1. The van der Waals surface area contributed by atoms with Crippen LogP contribution in [-0.2, 0) is 21.5 Å². The molecule has 0 amide bonds. The summed E-state index contributed by atoms with van der Waals surface area (Å²) in [5.41, 5.74) is 0.498. The number of hydrogen-bond donors (Lipinski definition) is 1. The Hall–Kier alpha value is -1.42. The molecule has 0 bridgehead atoms. The lowest BCUT2D eigenvalue weighted by atomic mass is 10.3. The van der Waals surface area contributed by atoms with E-state index in [4.69, 9.17) is 9.47 Å². The Labute approximate surface area is 129 Å². The van der Waals surface area contributed by atoms with Crippen LogP contribution in [0.25, 0.3) is 0 Å². The summed E-state index contributed by atoms with van der Waals surface area (Å²) in [7, 11) is -2.03. The second-order valence-electron chi connectivity index (χ2n) is 4.94. The van der Waals surface area contributed by atoms with Crippen molar-refractivity contribution < 1.29 is 17.9 Å². The Kier molecular flexibility index (Phi) is 5.57. The molecule has 1 aromatic rings. The topological polar surface area (TPSA) is 89.9 Å². The van der Waals surface area contributed by atoms with Crippen LogP contribution in [0.5, 0.6) is 5.75 Å². The van der Waals surface area contributed by atoms with E-state index in [1.165, 1.54) is 22.0 Å². The Bertz CT molecular complexity index is 665. The van der Waals surface area contributed by atoms with E-state index in [0.717, 1.165) is 5.69 Å².